The third-order valence-corrected chi connectivity index (χ3v) is 4.24. The number of benzene rings is 2. The molecular weight excluding hydrogens is 395 g/mol. The highest BCUT2D eigenvalue weighted by Gasteiger charge is 2.12. The molecule has 0 aliphatic rings. The van der Waals surface area contributed by atoms with Gasteiger partial charge in [-0.1, -0.05) is 46.8 Å². The lowest BCUT2D eigenvalue weighted by molar-refractivity contribution is 0.299. The predicted octanol–water partition coefficient (Wildman–Crippen LogP) is 5.18. The lowest BCUT2D eigenvalue weighted by Gasteiger charge is -2.13. The molecule has 2 rings (SSSR count). The lowest BCUT2D eigenvalue weighted by atomic mass is 10.2. The van der Waals surface area contributed by atoms with Crippen LogP contribution in [-0.4, -0.2) is 19.4 Å². The molecule has 0 spiro atoms. The standard InChI is InChI=1S/C19H17Cl3N2O2/c1-3-8-26-19-17(22)9-13(10-18(19)25-4-2)11-23-24-12-14-15(20)6-5-7-16(14)21/h1,5-7,9-11,24H,4,8,12H2,2H3/b23-11-. The summed E-state index contributed by atoms with van der Waals surface area (Å²) in [5.41, 5.74) is 4.43. The highest BCUT2D eigenvalue weighted by molar-refractivity contribution is 6.36. The number of nitrogens with one attached hydrogen (secondary N) is 1. The molecule has 0 amide bonds. The summed E-state index contributed by atoms with van der Waals surface area (Å²) in [5.74, 6) is 3.32. The number of halogens is 3. The molecular formula is C19H17Cl3N2O2. The number of hydrogen-bond donors (Lipinski definition) is 1. The predicted molar refractivity (Wildman–Crippen MR) is 108 cm³/mol. The van der Waals surface area contributed by atoms with Crippen LogP contribution in [0.3, 0.4) is 0 Å². The van der Waals surface area contributed by atoms with Gasteiger partial charge in [-0.15, -0.1) is 6.42 Å². The number of terminal acetylenes is 1. The van der Waals surface area contributed by atoms with Crippen LogP contribution in [0.2, 0.25) is 15.1 Å². The Hall–Kier alpha value is -2.06. The minimum absolute atomic E-state index is 0.105. The summed E-state index contributed by atoms with van der Waals surface area (Å²) < 4.78 is 11.0. The van der Waals surface area contributed by atoms with Crippen LogP contribution in [0.15, 0.2) is 35.4 Å². The van der Waals surface area contributed by atoms with Crippen molar-refractivity contribution in [2.75, 3.05) is 13.2 Å². The van der Waals surface area contributed by atoms with Gasteiger partial charge in [-0.2, -0.15) is 5.10 Å². The molecule has 2 aromatic rings. The van der Waals surface area contributed by atoms with E-state index in [2.05, 4.69) is 16.4 Å². The van der Waals surface area contributed by atoms with Gasteiger partial charge in [-0.3, -0.25) is 0 Å². The smallest absolute Gasteiger partial charge is 0.181 e. The minimum Gasteiger partial charge on any atom is -0.490 e. The van der Waals surface area contributed by atoms with Gasteiger partial charge in [-0.25, -0.2) is 0 Å². The van der Waals surface area contributed by atoms with Crippen LogP contribution < -0.4 is 14.9 Å². The van der Waals surface area contributed by atoms with Gasteiger partial charge >= 0.3 is 0 Å². The van der Waals surface area contributed by atoms with E-state index in [1.807, 2.05) is 6.92 Å². The Morgan fingerprint density at radius 3 is 2.54 bits per heavy atom. The molecule has 0 bridgehead atoms. The van der Waals surface area contributed by atoms with Crippen molar-refractivity contribution in [1.82, 2.24) is 5.43 Å². The summed E-state index contributed by atoms with van der Waals surface area (Å²) in [5, 5.41) is 5.73. The second-order valence-electron chi connectivity index (χ2n) is 5.05. The monoisotopic (exact) mass is 410 g/mol. The molecule has 2 aromatic carbocycles. The van der Waals surface area contributed by atoms with Gasteiger partial charge in [0.1, 0.15) is 6.61 Å². The normalized spacial score (nSPS) is 10.6. The first-order chi connectivity index (χ1) is 12.6. The van der Waals surface area contributed by atoms with Crippen molar-refractivity contribution in [3.05, 3.63) is 56.5 Å². The van der Waals surface area contributed by atoms with Gasteiger partial charge in [0.2, 0.25) is 0 Å². The van der Waals surface area contributed by atoms with Crippen molar-refractivity contribution >= 4 is 41.0 Å². The van der Waals surface area contributed by atoms with Gasteiger partial charge in [0.05, 0.1) is 24.4 Å². The van der Waals surface area contributed by atoms with E-state index in [-0.39, 0.29) is 6.61 Å². The van der Waals surface area contributed by atoms with Crippen molar-refractivity contribution in [3.63, 3.8) is 0 Å². The van der Waals surface area contributed by atoms with E-state index in [9.17, 15) is 0 Å². The summed E-state index contributed by atoms with van der Waals surface area (Å²) in [6.07, 6.45) is 6.84. The van der Waals surface area contributed by atoms with Gasteiger partial charge in [0, 0.05) is 15.6 Å². The fourth-order valence-electron chi connectivity index (χ4n) is 2.13. The molecule has 0 unspecified atom stereocenters. The zero-order valence-corrected chi connectivity index (χ0v) is 16.3. The summed E-state index contributed by atoms with van der Waals surface area (Å²) in [6, 6.07) is 8.82. The van der Waals surface area contributed by atoms with Crippen molar-refractivity contribution in [2.45, 2.75) is 13.5 Å². The molecule has 7 heteroatoms. The van der Waals surface area contributed by atoms with Gasteiger partial charge in [-0.05, 0) is 36.8 Å². The van der Waals surface area contributed by atoms with Crippen LogP contribution in [-0.2, 0) is 6.54 Å². The average molecular weight is 412 g/mol. The molecule has 0 saturated heterocycles. The van der Waals surface area contributed by atoms with E-state index in [1.165, 1.54) is 0 Å². The minimum atomic E-state index is 0.105. The molecule has 0 atom stereocenters. The van der Waals surface area contributed by atoms with Crippen LogP contribution in [0.4, 0.5) is 0 Å². The SMILES string of the molecule is C#CCOc1c(Cl)cc(/C=N\NCc2c(Cl)cccc2Cl)cc1OCC. The van der Waals surface area contributed by atoms with E-state index in [0.717, 1.165) is 11.1 Å². The van der Waals surface area contributed by atoms with Gasteiger partial charge in [0.15, 0.2) is 11.5 Å². The van der Waals surface area contributed by atoms with Crippen LogP contribution in [0, 0.1) is 12.3 Å². The number of hydrogen-bond acceptors (Lipinski definition) is 4. The summed E-state index contributed by atoms with van der Waals surface area (Å²) in [4.78, 5) is 0. The summed E-state index contributed by atoms with van der Waals surface area (Å²) in [6.45, 7) is 2.83. The first-order valence-corrected chi connectivity index (χ1v) is 8.91. The molecule has 0 aliphatic heterocycles. The van der Waals surface area contributed by atoms with Crippen molar-refractivity contribution in [2.24, 2.45) is 5.10 Å². The Kier molecular flexibility index (Phi) is 7.93. The molecule has 0 saturated carbocycles. The molecule has 0 aromatic heterocycles. The first kappa shape index (κ1) is 20.3. The van der Waals surface area contributed by atoms with Crippen LogP contribution in [0.1, 0.15) is 18.1 Å². The second kappa shape index (κ2) is 10.2. The second-order valence-corrected chi connectivity index (χ2v) is 6.27. The number of nitrogens with zero attached hydrogens (tertiary/aromatic N) is 1. The molecule has 0 radical (unpaired) electrons. The molecule has 1 N–H and O–H groups in total. The van der Waals surface area contributed by atoms with Gasteiger partial charge < -0.3 is 14.9 Å². The summed E-state index contributed by atoms with van der Waals surface area (Å²) in [7, 11) is 0. The highest BCUT2D eigenvalue weighted by atomic mass is 35.5. The number of ether oxygens (including phenoxy) is 2. The molecule has 0 fully saturated rings. The Morgan fingerprint density at radius 2 is 1.88 bits per heavy atom. The highest BCUT2D eigenvalue weighted by Crippen LogP contribution is 2.36. The van der Waals surface area contributed by atoms with E-state index in [1.54, 1.807) is 36.5 Å². The largest absolute Gasteiger partial charge is 0.490 e. The fourth-order valence-corrected chi connectivity index (χ4v) is 2.93. The van der Waals surface area contributed by atoms with Crippen LogP contribution in [0.25, 0.3) is 0 Å². The van der Waals surface area contributed by atoms with E-state index in [4.69, 9.17) is 50.7 Å². The van der Waals surface area contributed by atoms with E-state index >= 15 is 0 Å². The fraction of sp³-hybridized carbons (Fsp3) is 0.211. The summed E-state index contributed by atoms with van der Waals surface area (Å²) >= 11 is 18.5. The Morgan fingerprint density at radius 1 is 1.15 bits per heavy atom. The number of hydrazone groups is 1. The van der Waals surface area contributed by atoms with Crippen LogP contribution in [0.5, 0.6) is 11.5 Å². The van der Waals surface area contributed by atoms with E-state index < -0.39 is 0 Å². The molecule has 0 heterocycles. The third-order valence-electron chi connectivity index (χ3n) is 3.25. The molecule has 136 valence electrons. The zero-order chi connectivity index (χ0) is 18.9. The van der Waals surface area contributed by atoms with E-state index in [0.29, 0.717) is 39.7 Å². The maximum atomic E-state index is 6.27. The van der Waals surface area contributed by atoms with Crippen molar-refractivity contribution in [1.29, 1.82) is 0 Å². The number of rotatable bonds is 8. The maximum Gasteiger partial charge on any atom is 0.181 e. The first-order valence-electron chi connectivity index (χ1n) is 7.78. The van der Waals surface area contributed by atoms with Crippen LogP contribution >= 0.6 is 34.8 Å². The Balaban J connectivity index is 2.11. The van der Waals surface area contributed by atoms with Crippen molar-refractivity contribution in [3.8, 4) is 23.8 Å². The zero-order valence-electron chi connectivity index (χ0n) is 14.1. The maximum absolute atomic E-state index is 6.27. The molecule has 26 heavy (non-hydrogen) atoms. The quantitative estimate of drug-likeness (QED) is 0.370. The Labute approximate surface area is 168 Å². The Bertz CT molecular complexity index is 812. The topological polar surface area (TPSA) is 42.8 Å². The average Bonchev–Trinajstić information content (AvgIpc) is 2.60. The lowest BCUT2D eigenvalue weighted by Crippen LogP contribution is -2.07. The van der Waals surface area contributed by atoms with Gasteiger partial charge in [0.25, 0.3) is 0 Å². The van der Waals surface area contributed by atoms with Crippen molar-refractivity contribution < 1.29 is 9.47 Å². The third kappa shape index (κ3) is 5.47. The molecule has 4 nitrogen and oxygen atoms in total. The molecule has 0 aliphatic carbocycles.